The van der Waals surface area contributed by atoms with E-state index < -0.39 is 40.7 Å². The molecule has 0 amide bonds. The van der Waals surface area contributed by atoms with Gasteiger partial charge >= 0.3 is 0 Å². The normalized spacial score (nSPS) is 12.7. The summed E-state index contributed by atoms with van der Waals surface area (Å²) in [6.45, 7) is 1.91. The van der Waals surface area contributed by atoms with Crippen LogP contribution in [0.5, 0.6) is 0 Å². The van der Waals surface area contributed by atoms with Gasteiger partial charge < -0.3 is 5.32 Å². The van der Waals surface area contributed by atoms with E-state index >= 15 is 0 Å². The molecular weight excluding hydrogens is 293 g/mol. The Kier molecular flexibility index (Phi) is 4.26. The highest BCUT2D eigenvalue weighted by Gasteiger charge is 2.31. The molecule has 2 aromatic rings. The van der Waals surface area contributed by atoms with Crippen molar-refractivity contribution in [3.8, 4) is 0 Å². The topological polar surface area (TPSA) is 29.9 Å². The monoisotopic (exact) mass is 305 g/mol. The Bertz CT molecular complexity index is 639. The van der Waals surface area contributed by atoms with Gasteiger partial charge in [0.05, 0.1) is 17.3 Å². The van der Waals surface area contributed by atoms with E-state index in [1.165, 1.54) is 24.0 Å². The van der Waals surface area contributed by atoms with Crippen molar-refractivity contribution in [3.05, 3.63) is 52.6 Å². The summed E-state index contributed by atoms with van der Waals surface area (Å²) in [5.41, 5.74) is -0.642. The number of rotatable bonds is 4. The Hall–Kier alpha value is -1.96. The second-order valence-electron chi connectivity index (χ2n) is 4.35. The minimum atomic E-state index is -2.17. The molecule has 1 aromatic carbocycles. The predicted octanol–water partition coefficient (Wildman–Crippen LogP) is 2.81. The molecule has 0 radical (unpaired) electrons. The minimum absolute atomic E-state index is 0.259. The van der Waals surface area contributed by atoms with Crippen LogP contribution in [-0.4, -0.2) is 16.3 Å². The number of hydrogen-bond donors (Lipinski definition) is 1. The number of hydrogen-bond acceptors (Lipinski definition) is 2. The summed E-state index contributed by atoms with van der Waals surface area (Å²) >= 11 is 0. The van der Waals surface area contributed by atoms with Gasteiger partial charge in [-0.2, -0.15) is 5.10 Å². The van der Waals surface area contributed by atoms with Crippen LogP contribution in [-0.2, 0) is 7.05 Å². The maximum atomic E-state index is 13.9. The lowest BCUT2D eigenvalue weighted by atomic mass is 10.0. The van der Waals surface area contributed by atoms with Gasteiger partial charge in [-0.1, -0.05) is 6.92 Å². The molecule has 114 valence electrons. The van der Waals surface area contributed by atoms with Crippen LogP contribution in [0.3, 0.4) is 0 Å². The van der Waals surface area contributed by atoms with E-state index in [4.69, 9.17) is 0 Å². The first kappa shape index (κ1) is 15.4. The van der Waals surface area contributed by atoms with Gasteiger partial charge in [0.1, 0.15) is 0 Å². The Labute approximate surface area is 117 Å². The molecule has 3 nitrogen and oxygen atoms in total. The number of halogens is 5. The third kappa shape index (κ3) is 2.51. The van der Waals surface area contributed by atoms with E-state index in [9.17, 15) is 22.0 Å². The highest BCUT2D eigenvalue weighted by Crippen LogP contribution is 2.31. The van der Waals surface area contributed by atoms with Crippen LogP contribution in [0.1, 0.15) is 24.2 Å². The lowest BCUT2D eigenvalue weighted by molar-refractivity contribution is 0.360. The number of aromatic nitrogens is 2. The lowest BCUT2D eigenvalue weighted by Crippen LogP contribution is -2.27. The van der Waals surface area contributed by atoms with Crippen LogP contribution < -0.4 is 5.32 Å². The average Bonchev–Trinajstić information content (AvgIpc) is 2.88. The molecule has 2 rings (SSSR count). The van der Waals surface area contributed by atoms with Crippen molar-refractivity contribution >= 4 is 0 Å². The molecule has 21 heavy (non-hydrogen) atoms. The molecule has 0 aliphatic rings. The van der Waals surface area contributed by atoms with E-state index in [-0.39, 0.29) is 12.2 Å². The first-order valence-electron chi connectivity index (χ1n) is 6.12. The molecule has 0 aliphatic heterocycles. The van der Waals surface area contributed by atoms with Gasteiger partial charge in [0.15, 0.2) is 23.3 Å². The fourth-order valence-corrected chi connectivity index (χ4v) is 2.10. The van der Waals surface area contributed by atoms with E-state index in [1.807, 2.05) is 0 Å². The summed E-state index contributed by atoms with van der Waals surface area (Å²) in [5.74, 6) is -9.80. The van der Waals surface area contributed by atoms with E-state index in [0.717, 1.165) is 0 Å². The minimum Gasteiger partial charge on any atom is -0.305 e. The first-order chi connectivity index (χ1) is 9.90. The van der Waals surface area contributed by atoms with Crippen LogP contribution in [0.15, 0.2) is 12.3 Å². The summed E-state index contributed by atoms with van der Waals surface area (Å²) < 4.78 is 68.9. The third-order valence-electron chi connectivity index (χ3n) is 3.10. The first-order valence-corrected chi connectivity index (χ1v) is 6.12. The zero-order valence-electron chi connectivity index (χ0n) is 11.2. The van der Waals surface area contributed by atoms with Crippen molar-refractivity contribution in [3.63, 3.8) is 0 Å². The van der Waals surface area contributed by atoms with Crippen molar-refractivity contribution in [1.29, 1.82) is 0 Å². The third-order valence-corrected chi connectivity index (χ3v) is 3.10. The molecule has 1 unspecified atom stereocenters. The predicted molar refractivity (Wildman–Crippen MR) is 65.0 cm³/mol. The largest absolute Gasteiger partial charge is 0.305 e. The molecule has 0 saturated heterocycles. The average molecular weight is 305 g/mol. The van der Waals surface area contributed by atoms with Crippen LogP contribution in [0.25, 0.3) is 0 Å². The molecule has 8 heteroatoms. The van der Waals surface area contributed by atoms with Crippen molar-refractivity contribution in [1.82, 2.24) is 15.1 Å². The second-order valence-corrected chi connectivity index (χ2v) is 4.35. The molecule has 1 atom stereocenters. The summed E-state index contributed by atoms with van der Waals surface area (Å²) in [7, 11) is 1.51. The number of nitrogens with zero attached hydrogens (tertiary/aromatic N) is 2. The summed E-state index contributed by atoms with van der Waals surface area (Å²) in [6, 6.07) is 0.234. The lowest BCUT2D eigenvalue weighted by Gasteiger charge is -2.20. The smallest absolute Gasteiger partial charge is 0.200 e. The maximum Gasteiger partial charge on any atom is 0.200 e. The van der Waals surface area contributed by atoms with Gasteiger partial charge in [0.25, 0.3) is 0 Å². The van der Waals surface area contributed by atoms with Gasteiger partial charge in [-0.25, -0.2) is 22.0 Å². The van der Waals surface area contributed by atoms with Gasteiger partial charge in [-0.05, 0) is 12.6 Å². The van der Waals surface area contributed by atoms with E-state index in [2.05, 4.69) is 10.4 Å². The van der Waals surface area contributed by atoms with Gasteiger partial charge in [0.2, 0.25) is 5.82 Å². The van der Waals surface area contributed by atoms with Crippen LogP contribution >= 0.6 is 0 Å². The molecule has 0 bridgehead atoms. The van der Waals surface area contributed by atoms with Crippen LogP contribution in [0.4, 0.5) is 22.0 Å². The summed E-state index contributed by atoms with van der Waals surface area (Å²) in [6.07, 6.45) is 1.37. The fraction of sp³-hybridized carbons (Fsp3) is 0.308. The van der Waals surface area contributed by atoms with Crippen molar-refractivity contribution in [2.45, 2.75) is 13.0 Å². The molecule has 0 aliphatic carbocycles. The Morgan fingerprint density at radius 2 is 1.57 bits per heavy atom. The zero-order chi connectivity index (χ0) is 15.7. The van der Waals surface area contributed by atoms with Crippen LogP contribution in [0.2, 0.25) is 0 Å². The molecule has 0 saturated carbocycles. The highest BCUT2D eigenvalue weighted by molar-refractivity contribution is 5.32. The Morgan fingerprint density at radius 1 is 1.05 bits per heavy atom. The summed E-state index contributed by atoms with van der Waals surface area (Å²) in [4.78, 5) is 0. The molecular formula is C13H12F5N3. The number of benzene rings is 1. The number of aryl methyl sites for hydroxylation is 1. The molecule has 0 fully saturated rings. The molecule has 1 N–H and O–H groups in total. The van der Waals surface area contributed by atoms with Gasteiger partial charge in [-0.15, -0.1) is 0 Å². The molecule has 1 heterocycles. The Morgan fingerprint density at radius 3 is 2.00 bits per heavy atom. The second kappa shape index (κ2) is 5.80. The van der Waals surface area contributed by atoms with Crippen molar-refractivity contribution < 1.29 is 22.0 Å². The molecule has 1 aromatic heterocycles. The van der Waals surface area contributed by atoms with E-state index in [0.29, 0.717) is 0 Å². The fourth-order valence-electron chi connectivity index (χ4n) is 2.10. The van der Waals surface area contributed by atoms with Gasteiger partial charge in [-0.3, -0.25) is 4.68 Å². The maximum absolute atomic E-state index is 13.9. The summed E-state index contributed by atoms with van der Waals surface area (Å²) in [5, 5.41) is 6.54. The standard InChI is InChI=1S/C13H12F5N3/c1-3-19-13(6-4-5-20-21(6)2)7-8(14)10(16)12(18)11(17)9(7)15/h4-5,13,19H,3H2,1-2H3. The molecule has 0 spiro atoms. The Balaban J connectivity index is 2.70. The van der Waals surface area contributed by atoms with Crippen LogP contribution in [0, 0.1) is 29.1 Å². The SMILES string of the molecule is CCNC(c1c(F)c(F)c(F)c(F)c1F)c1ccnn1C. The quantitative estimate of drug-likeness (QED) is 0.535. The zero-order valence-corrected chi connectivity index (χ0v) is 11.2. The van der Waals surface area contributed by atoms with Crippen molar-refractivity contribution in [2.24, 2.45) is 7.05 Å². The van der Waals surface area contributed by atoms with Gasteiger partial charge in [0, 0.05) is 13.2 Å². The number of nitrogens with one attached hydrogen (secondary N) is 1. The van der Waals surface area contributed by atoms with E-state index in [1.54, 1.807) is 6.92 Å². The van der Waals surface area contributed by atoms with Crippen molar-refractivity contribution in [2.75, 3.05) is 6.54 Å². The highest BCUT2D eigenvalue weighted by atomic mass is 19.2.